The number of rotatable bonds is 7. The van der Waals surface area contributed by atoms with Gasteiger partial charge in [0.25, 0.3) is 0 Å². The highest BCUT2D eigenvalue weighted by Gasteiger charge is 2.22. The van der Waals surface area contributed by atoms with Crippen molar-refractivity contribution in [1.82, 2.24) is 25.1 Å². The van der Waals surface area contributed by atoms with Gasteiger partial charge in [-0.25, -0.2) is 0 Å². The van der Waals surface area contributed by atoms with E-state index in [9.17, 15) is 4.79 Å². The maximum Gasteiger partial charge on any atom is 0.230 e. The summed E-state index contributed by atoms with van der Waals surface area (Å²) in [5.74, 6) is 1.78. The zero-order chi connectivity index (χ0) is 19.5. The lowest BCUT2D eigenvalue weighted by molar-refractivity contribution is -0.118. The number of amides is 1. The molecule has 1 saturated carbocycles. The van der Waals surface area contributed by atoms with E-state index < -0.39 is 0 Å². The fourth-order valence-corrected chi connectivity index (χ4v) is 3.69. The number of nitrogens with zero attached hydrogens (tertiary/aromatic N) is 4. The standard InChI is InChI=1S/C21H23N5OS/c1-14-3-6-18(11-15(14)2)26-20(17-7-9-22-10-8-17)24-25-21(26)28-13-19(27)23-12-16-4-5-16/h3,6-11,16H,4-5,12-13H2,1-2H3,(H,23,27). The fourth-order valence-electron chi connectivity index (χ4n) is 2.91. The Morgan fingerprint density at radius 3 is 2.64 bits per heavy atom. The largest absolute Gasteiger partial charge is 0.355 e. The number of hydrogen-bond donors (Lipinski definition) is 1. The van der Waals surface area contributed by atoms with Crippen LogP contribution in [0.4, 0.5) is 0 Å². The number of nitrogens with one attached hydrogen (secondary N) is 1. The lowest BCUT2D eigenvalue weighted by Gasteiger charge is -2.12. The SMILES string of the molecule is Cc1ccc(-n2c(SCC(=O)NCC3CC3)nnc2-c2ccncc2)cc1C. The zero-order valence-corrected chi connectivity index (χ0v) is 16.9. The number of benzene rings is 1. The maximum atomic E-state index is 12.2. The first-order valence-electron chi connectivity index (χ1n) is 9.45. The molecule has 3 aromatic rings. The third kappa shape index (κ3) is 4.25. The van der Waals surface area contributed by atoms with Crippen molar-refractivity contribution in [2.45, 2.75) is 31.8 Å². The van der Waals surface area contributed by atoms with E-state index in [0.29, 0.717) is 16.8 Å². The van der Waals surface area contributed by atoms with Crippen LogP contribution in [-0.2, 0) is 4.79 Å². The van der Waals surface area contributed by atoms with E-state index in [-0.39, 0.29) is 5.91 Å². The van der Waals surface area contributed by atoms with Crippen molar-refractivity contribution >= 4 is 17.7 Å². The maximum absolute atomic E-state index is 12.2. The summed E-state index contributed by atoms with van der Waals surface area (Å²) in [4.78, 5) is 16.3. The molecule has 6 nitrogen and oxygen atoms in total. The van der Waals surface area contributed by atoms with Crippen LogP contribution < -0.4 is 5.32 Å². The van der Waals surface area contributed by atoms with Gasteiger partial charge in [0.05, 0.1) is 11.4 Å². The average Bonchev–Trinajstić information content (AvgIpc) is 3.45. The van der Waals surface area contributed by atoms with Crippen LogP contribution in [0.25, 0.3) is 17.1 Å². The van der Waals surface area contributed by atoms with Crippen LogP contribution in [0.1, 0.15) is 24.0 Å². The number of thioether (sulfide) groups is 1. The quantitative estimate of drug-likeness (QED) is 0.621. The molecule has 4 rings (SSSR count). The molecule has 0 saturated heterocycles. The molecule has 7 heteroatoms. The first-order valence-corrected chi connectivity index (χ1v) is 10.4. The van der Waals surface area contributed by atoms with Gasteiger partial charge in [0.2, 0.25) is 5.91 Å². The van der Waals surface area contributed by atoms with Gasteiger partial charge in [-0.05, 0) is 68.0 Å². The van der Waals surface area contributed by atoms with Crippen LogP contribution in [0.15, 0.2) is 47.9 Å². The van der Waals surface area contributed by atoms with Gasteiger partial charge in [-0.3, -0.25) is 14.3 Å². The predicted octanol–water partition coefficient (Wildman–Crippen LogP) is 3.56. The Morgan fingerprint density at radius 1 is 1.14 bits per heavy atom. The van der Waals surface area contributed by atoms with Gasteiger partial charge in [0.15, 0.2) is 11.0 Å². The molecule has 0 radical (unpaired) electrons. The van der Waals surface area contributed by atoms with Gasteiger partial charge >= 0.3 is 0 Å². The molecule has 0 aliphatic heterocycles. The van der Waals surface area contributed by atoms with Crippen LogP contribution in [0.3, 0.4) is 0 Å². The van der Waals surface area contributed by atoms with Gasteiger partial charge in [0, 0.05) is 24.5 Å². The fraction of sp³-hybridized carbons (Fsp3) is 0.333. The van der Waals surface area contributed by atoms with Gasteiger partial charge in [-0.2, -0.15) is 0 Å². The highest BCUT2D eigenvalue weighted by molar-refractivity contribution is 7.99. The number of hydrogen-bond acceptors (Lipinski definition) is 5. The van der Waals surface area contributed by atoms with Crippen LogP contribution in [0.2, 0.25) is 0 Å². The summed E-state index contributed by atoms with van der Waals surface area (Å²) in [6, 6.07) is 10.1. The van der Waals surface area contributed by atoms with E-state index in [1.807, 2.05) is 16.7 Å². The first-order chi connectivity index (χ1) is 13.6. The van der Waals surface area contributed by atoms with E-state index >= 15 is 0 Å². The molecule has 2 heterocycles. The third-order valence-electron chi connectivity index (χ3n) is 4.94. The molecular formula is C21H23N5OS. The predicted molar refractivity (Wildman–Crippen MR) is 111 cm³/mol. The average molecular weight is 394 g/mol. The van der Waals surface area contributed by atoms with Crippen LogP contribution in [-0.4, -0.2) is 38.0 Å². The Labute approximate surface area is 168 Å². The summed E-state index contributed by atoms with van der Waals surface area (Å²) in [6.07, 6.45) is 5.94. The minimum atomic E-state index is 0.0389. The van der Waals surface area contributed by atoms with Crippen molar-refractivity contribution in [2.75, 3.05) is 12.3 Å². The number of carbonyl (C=O) groups excluding carboxylic acids is 1. The Balaban J connectivity index is 1.62. The molecule has 1 fully saturated rings. The molecule has 0 atom stereocenters. The minimum absolute atomic E-state index is 0.0389. The highest BCUT2D eigenvalue weighted by atomic mass is 32.2. The minimum Gasteiger partial charge on any atom is -0.355 e. The summed E-state index contributed by atoms with van der Waals surface area (Å²) >= 11 is 1.41. The molecule has 1 aromatic carbocycles. The summed E-state index contributed by atoms with van der Waals surface area (Å²) in [6.45, 7) is 4.97. The summed E-state index contributed by atoms with van der Waals surface area (Å²) in [7, 11) is 0. The summed E-state index contributed by atoms with van der Waals surface area (Å²) in [5, 5.41) is 12.5. The molecule has 1 aliphatic carbocycles. The summed E-state index contributed by atoms with van der Waals surface area (Å²) < 4.78 is 2.01. The molecule has 28 heavy (non-hydrogen) atoms. The van der Waals surface area contributed by atoms with Crippen molar-refractivity contribution in [1.29, 1.82) is 0 Å². The highest BCUT2D eigenvalue weighted by Crippen LogP contribution is 2.29. The van der Waals surface area contributed by atoms with Crippen LogP contribution >= 0.6 is 11.8 Å². The molecule has 0 bridgehead atoms. The van der Waals surface area contributed by atoms with Gasteiger partial charge < -0.3 is 5.32 Å². The molecule has 0 spiro atoms. The molecule has 144 valence electrons. The van der Waals surface area contributed by atoms with E-state index in [2.05, 4.69) is 52.5 Å². The van der Waals surface area contributed by atoms with Crippen molar-refractivity contribution in [3.05, 3.63) is 53.9 Å². The number of pyridine rings is 1. The Morgan fingerprint density at radius 2 is 1.93 bits per heavy atom. The van der Waals surface area contributed by atoms with Gasteiger partial charge in [0.1, 0.15) is 0 Å². The van der Waals surface area contributed by atoms with E-state index in [1.54, 1.807) is 12.4 Å². The molecular weight excluding hydrogens is 370 g/mol. The van der Waals surface area contributed by atoms with E-state index in [1.165, 1.54) is 35.7 Å². The van der Waals surface area contributed by atoms with Crippen molar-refractivity contribution in [2.24, 2.45) is 5.92 Å². The monoisotopic (exact) mass is 393 g/mol. The second-order valence-electron chi connectivity index (χ2n) is 7.18. The molecule has 1 aliphatic rings. The number of aryl methyl sites for hydroxylation is 2. The lowest BCUT2D eigenvalue weighted by Crippen LogP contribution is -2.27. The van der Waals surface area contributed by atoms with Crippen LogP contribution in [0.5, 0.6) is 0 Å². The second-order valence-corrected chi connectivity index (χ2v) is 8.12. The first kappa shape index (κ1) is 18.7. The van der Waals surface area contributed by atoms with Gasteiger partial charge in [-0.1, -0.05) is 17.8 Å². The number of aromatic nitrogens is 4. The molecule has 1 amide bonds. The molecule has 2 aromatic heterocycles. The lowest BCUT2D eigenvalue weighted by atomic mass is 10.1. The van der Waals surface area contributed by atoms with Crippen molar-refractivity contribution in [3.8, 4) is 17.1 Å². The molecule has 1 N–H and O–H groups in total. The van der Waals surface area contributed by atoms with Gasteiger partial charge in [-0.15, -0.1) is 10.2 Å². The Hall–Kier alpha value is -2.67. The van der Waals surface area contributed by atoms with E-state index in [4.69, 9.17) is 0 Å². The summed E-state index contributed by atoms with van der Waals surface area (Å²) in [5.41, 5.74) is 4.35. The number of carbonyl (C=O) groups is 1. The van der Waals surface area contributed by atoms with Crippen molar-refractivity contribution < 1.29 is 4.79 Å². The topological polar surface area (TPSA) is 72.7 Å². The third-order valence-corrected chi connectivity index (χ3v) is 5.87. The zero-order valence-electron chi connectivity index (χ0n) is 16.1. The second kappa shape index (κ2) is 8.14. The Bertz CT molecular complexity index is 982. The smallest absolute Gasteiger partial charge is 0.230 e. The molecule has 0 unspecified atom stereocenters. The van der Waals surface area contributed by atoms with Crippen LogP contribution in [0, 0.1) is 19.8 Å². The van der Waals surface area contributed by atoms with E-state index in [0.717, 1.165) is 23.6 Å². The van der Waals surface area contributed by atoms with Crippen molar-refractivity contribution in [3.63, 3.8) is 0 Å². The Kier molecular flexibility index (Phi) is 5.43. The normalized spacial score (nSPS) is 13.5.